The van der Waals surface area contributed by atoms with Gasteiger partial charge in [0, 0.05) is 37.1 Å². The largest absolute Gasteiger partial charge is 0.377 e. The van der Waals surface area contributed by atoms with Crippen LogP contribution in [0.5, 0.6) is 0 Å². The van der Waals surface area contributed by atoms with E-state index in [1.54, 1.807) is 18.2 Å². The Morgan fingerprint density at radius 1 is 1.09 bits per heavy atom. The second-order valence-electron chi connectivity index (χ2n) is 9.40. The normalized spacial score (nSPS) is 16.2. The Balaban J connectivity index is 1.58. The van der Waals surface area contributed by atoms with Crippen molar-refractivity contribution in [3.8, 4) is 0 Å². The van der Waals surface area contributed by atoms with Gasteiger partial charge in [-0.2, -0.15) is 0 Å². The van der Waals surface area contributed by atoms with E-state index in [1.807, 2.05) is 37.2 Å². The Morgan fingerprint density at radius 2 is 1.77 bits per heavy atom. The van der Waals surface area contributed by atoms with E-state index in [2.05, 4.69) is 15.0 Å². The zero-order chi connectivity index (χ0) is 25.4. The van der Waals surface area contributed by atoms with Crippen LogP contribution in [0, 0.1) is 5.92 Å². The highest BCUT2D eigenvalue weighted by Crippen LogP contribution is 2.30. The van der Waals surface area contributed by atoms with Gasteiger partial charge in [-0.05, 0) is 50.3 Å². The van der Waals surface area contributed by atoms with Gasteiger partial charge in [0.05, 0.1) is 10.9 Å². The highest BCUT2D eigenvalue weighted by atomic mass is 32.2. The summed E-state index contributed by atoms with van der Waals surface area (Å²) in [5.74, 6) is 0.0274. The predicted octanol–water partition coefficient (Wildman–Crippen LogP) is 2.30. The van der Waals surface area contributed by atoms with Crippen LogP contribution in [-0.2, 0) is 14.8 Å². The molecular formula is C25H38N6O3S. The first kappa shape index (κ1) is 26.7. The molecule has 1 saturated carbocycles. The molecular weight excluding hydrogens is 464 g/mol. The van der Waals surface area contributed by atoms with Crippen molar-refractivity contribution in [3.63, 3.8) is 0 Å². The summed E-state index contributed by atoms with van der Waals surface area (Å²) in [5, 5.41) is 4.73. The maximum absolute atomic E-state index is 13.0. The van der Waals surface area contributed by atoms with Crippen LogP contribution in [0.4, 0.5) is 5.69 Å². The number of nitrogens with one attached hydrogen (secondary N) is 2. The van der Waals surface area contributed by atoms with Gasteiger partial charge in [-0.3, -0.25) is 9.79 Å². The van der Waals surface area contributed by atoms with Crippen molar-refractivity contribution in [1.29, 1.82) is 0 Å². The maximum atomic E-state index is 13.0. The zero-order valence-electron chi connectivity index (χ0n) is 20.7. The molecule has 1 aliphatic rings. The molecule has 3 rings (SSSR count). The van der Waals surface area contributed by atoms with Gasteiger partial charge in [0.25, 0.3) is 10.0 Å². The highest BCUT2D eigenvalue weighted by Gasteiger charge is 2.20. The second-order valence-corrected chi connectivity index (χ2v) is 11.1. The molecule has 35 heavy (non-hydrogen) atoms. The number of carbonyl (C=O) groups excluding carboxylic acids is 1. The van der Waals surface area contributed by atoms with Crippen LogP contribution >= 0.6 is 0 Å². The van der Waals surface area contributed by atoms with Gasteiger partial charge in [-0.15, -0.1) is 0 Å². The van der Waals surface area contributed by atoms with Crippen LogP contribution in [-0.4, -0.2) is 53.5 Å². The number of guanidine groups is 1. The molecule has 0 bridgehead atoms. The number of anilines is 1. The summed E-state index contributed by atoms with van der Waals surface area (Å²) in [6, 6.07) is 10.3. The smallest absolute Gasteiger partial charge is 0.264 e. The van der Waals surface area contributed by atoms with Crippen LogP contribution in [0.3, 0.4) is 0 Å². The highest BCUT2D eigenvalue weighted by molar-refractivity contribution is 7.90. The molecule has 0 saturated heterocycles. The number of amides is 1. The SMILES string of the molecule is CN(C)c1cccc2c(S(=O)(=O)NC(N)=NCCC[C@H](NCC3CCCCC3)C(N)=O)cccc12. The number of hydrogen-bond acceptors (Lipinski definition) is 6. The van der Waals surface area contributed by atoms with E-state index in [1.165, 1.54) is 32.1 Å². The summed E-state index contributed by atoms with van der Waals surface area (Å²) in [5.41, 5.74) is 12.4. The summed E-state index contributed by atoms with van der Waals surface area (Å²) < 4.78 is 28.5. The molecule has 10 heteroatoms. The molecule has 1 atom stereocenters. The first-order valence-corrected chi connectivity index (χ1v) is 13.7. The van der Waals surface area contributed by atoms with Gasteiger partial charge in [-0.25, -0.2) is 13.1 Å². The third kappa shape index (κ3) is 7.32. The van der Waals surface area contributed by atoms with Gasteiger partial charge in [-0.1, -0.05) is 43.5 Å². The molecule has 192 valence electrons. The molecule has 1 amide bonds. The number of aliphatic imine (C=N–C) groups is 1. The fourth-order valence-corrected chi connectivity index (χ4v) is 5.83. The number of primary amides is 1. The van der Waals surface area contributed by atoms with E-state index in [0.29, 0.717) is 24.1 Å². The number of hydrogen-bond donors (Lipinski definition) is 4. The van der Waals surface area contributed by atoms with Crippen molar-refractivity contribution < 1.29 is 13.2 Å². The second kappa shape index (κ2) is 12.2. The monoisotopic (exact) mass is 502 g/mol. The first-order chi connectivity index (χ1) is 16.7. The molecule has 9 nitrogen and oxygen atoms in total. The minimum atomic E-state index is -3.93. The Bertz CT molecular complexity index is 1140. The average Bonchev–Trinajstić information content (AvgIpc) is 2.82. The molecule has 0 aromatic heterocycles. The Kier molecular flexibility index (Phi) is 9.33. The number of fused-ring (bicyclic) bond motifs is 1. The van der Waals surface area contributed by atoms with Crippen LogP contribution in [0.25, 0.3) is 10.8 Å². The lowest BCUT2D eigenvalue weighted by Crippen LogP contribution is -2.43. The summed E-state index contributed by atoms with van der Waals surface area (Å²) in [4.78, 5) is 18.1. The molecule has 1 aliphatic carbocycles. The molecule has 0 aliphatic heterocycles. The summed E-state index contributed by atoms with van der Waals surface area (Å²) in [7, 11) is -0.108. The van der Waals surface area contributed by atoms with Crippen LogP contribution in [0.2, 0.25) is 0 Å². The maximum Gasteiger partial charge on any atom is 0.264 e. The zero-order valence-corrected chi connectivity index (χ0v) is 21.5. The Labute approximate surface area is 208 Å². The summed E-state index contributed by atoms with van der Waals surface area (Å²) in [6.45, 7) is 1.07. The number of benzene rings is 2. The topological polar surface area (TPSA) is 143 Å². The molecule has 0 unspecified atom stereocenters. The minimum Gasteiger partial charge on any atom is -0.377 e. The quantitative estimate of drug-likeness (QED) is 0.211. The van der Waals surface area contributed by atoms with Crippen molar-refractivity contribution in [2.75, 3.05) is 32.1 Å². The van der Waals surface area contributed by atoms with Crippen molar-refractivity contribution in [2.24, 2.45) is 22.4 Å². The standard InChI is InChI=1S/C25H38N6O3S/c1-31(2)22-14-6-12-20-19(22)11-7-15-23(20)35(33,34)30-25(27)28-16-8-13-21(24(26)32)29-17-18-9-4-3-5-10-18/h6-7,11-12,14-15,18,21,29H,3-5,8-10,13,16-17H2,1-2H3,(H2,26,32)(H3,27,28,30)/t21-/m0/s1. The lowest BCUT2D eigenvalue weighted by Gasteiger charge is -2.24. The van der Waals surface area contributed by atoms with Crippen LogP contribution in [0.1, 0.15) is 44.9 Å². The van der Waals surface area contributed by atoms with Gasteiger partial charge < -0.3 is 21.7 Å². The molecule has 0 heterocycles. The third-order valence-electron chi connectivity index (χ3n) is 6.52. The van der Waals surface area contributed by atoms with Gasteiger partial charge >= 0.3 is 0 Å². The Morgan fingerprint density at radius 3 is 2.46 bits per heavy atom. The van der Waals surface area contributed by atoms with Crippen molar-refractivity contribution in [1.82, 2.24) is 10.0 Å². The Hall–Kier alpha value is -2.85. The van der Waals surface area contributed by atoms with Crippen LogP contribution < -0.4 is 26.4 Å². The fourth-order valence-electron chi connectivity index (χ4n) is 4.65. The number of carbonyl (C=O) groups is 1. The molecule has 0 spiro atoms. The van der Waals surface area contributed by atoms with Gasteiger partial charge in [0.1, 0.15) is 0 Å². The lowest BCUT2D eigenvalue weighted by atomic mass is 9.89. The first-order valence-electron chi connectivity index (χ1n) is 12.2. The summed E-state index contributed by atoms with van der Waals surface area (Å²) >= 11 is 0. The van der Waals surface area contributed by atoms with E-state index in [-0.39, 0.29) is 23.3 Å². The number of sulfonamides is 1. The average molecular weight is 503 g/mol. The van der Waals surface area contributed by atoms with E-state index in [4.69, 9.17) is 11.5 Å². The fraction of sp³-hybridized carbons (Fsp3) is 0.520. The molecule has 0 radical (unpaired) electrons. The molecule has 1 fully saturated rings. The number of rotatable bonds is 11. The minimum absolute atomic E-state index is 0.137. The van der Waals surface area contributed by atoms with Crippen molar-refractivity contribution in [2.45, 2.75) is 55.9 Å². The third-order valence-corrected chi connectivity index (χ3v) is 7.94. The lowest BCUT2D eigenvalue weighted by molar-refractivity contribution is -0.120. The summed E-state index contributed by atoms with van der Waals surface area (Å²) in [6.07, 6.45) is 7.21. The van der Waals surface area contributed by atoms with E-state index < -0.39 is 16.1 Å². The number of nitrogens with two attached hydrogens (primary N) is 2. The van der Waals surface area contributed by atoms with E-state index in [0.717, 1.165) is 17.6 Å². The van der Waals surface area contributed by atoms with Gasteiger partial charge in [0.2, 0.25) is 11.9 Å². The predicted molar refractivity (Wildman–Crippen MR) is 142 cm³/mol. The molecule has 2 aromatic rings. The number of nitrogens with zero attached hydrogens (tertiary/aromatic N) is 2. The van der Waals surface area contributed by atoms with Crippen LogP contribution in [0.15, 0.2) is 46.3 Å². The van der Waals surface area contributed by atoms with Crippen molar-refractivity contribution >= 4 is 38.3 Å². The van der Waals surface area contributed by atoms with E-state index in [9.17, 15) is 13.2 Å². The molecule has 6 N–H and O–H groups in total. The van der Waals surface area contributed by atoms with E-state index >= 15 is 0 Å². The van der Waals surface area contributed by atoms with Gasteiger partial charge in [0.15, 0.2) is 0 Å². The van der Waals surface area contributed by atoms with Crippen molar-refractivity contribution in [3.05, 3.63) is 36.4 Å². The molecule has 2 aromatic carbocycles.